The predicted octanol–water partition coefficient (Wildman–Crippen LogP) is 7.86. The molecule has 0 saturated carbocycles. The van der Waals surface area contributed by atoms with Crippen LogP contribution in [-0.4, -0.2) is 13.2 Å². The third-order valence-corrected chi connectivity index (χ3v) is 8.95. The van der Waals surface area contributed by atoms with E-state index in [1.807, 2.05) is 62.4 Å². The van der Waals surface area contributed by atoms with Gasteiger partial charge in [0.25, 0.3) is 0 Å². The van der Waals surface area contributed by atoms with Crippen molar-refractivity contribution in [3.8, 4) is 57.1 Å². The van der Waals surface area contributed by atoms with Crippen LogP contribution in [-0.2, 0) is 0 Å². The van der Waals surface area contributed by atoms with E-state index in [0.717, 1.165) is 43.2 Å². The summed E-state index contributed by atoms with van der Waals surface area (Å²) in [6.07, 6.45) is 2.65. The molecule has 2 aliphatic carbocycles. The van der Waals surface area contributed by atoms with Crippen LogP contribution in [0.4, 0.5) is 0 Å². The molecule has 0 unspecified atom stereocenters. The van der Waals surface area contributed by atoms with Crippen LogP contribution in [0.2, 0.25) is 0 Å². The van der Waals surface area contributed by atoms with Crippen molar-refractivity contribution < 1.29 is 18.3 Å². The SMILES string of the molecule is CC1=C(c2ccc(-c3sc(-c4ccc(C5=C(C)C(=C(C#N)C#N)CC5)o4)c4c3OCCO4)o2)CCC1=C(C#N)C#N. The molecule has 3 aromatic rings. The lowest BCUT2D eigenvalue weighted by Gasteiger charge is -2.16. The molecule has 8 nitrogen and oxygen atoms in total. The van der Waals surface area contributed by atoms with E-state index in [4.69, 9.17) is 18.3 Å². The van der Waals surface area contributed by atoms with Crippen molar-refractivity contribution in [1.82, 2.24) is 0 Å². The van der Waals surface area contributed by atoms with E-state index in [-0.39, 0.29) is 11.1 Å². The third-order valence-electron chi connectivity index (χ3n) is 7.76. The van der Waals surface area contributed by atoms with Gasteiger partial charge in [0.05, 0.1) is 0 Å². The van der Waals surface area contributed by atoms with Crippen molar-refractivity contribution in [3.63, 3.8) is 0 Å². The van der Waals surface area contributed by atoms with Crippen molar-refractivity contribution in [2.45, 2.75) is 39.5 Å². The summed E-state index contributed by atoms with van der Waals surface area (Å²) >= 11 is 1.46. The van der Waals surface area contributed by atoms with Crippen LogP contribution in [0.25, 0.3) is 32.4 Å². The van der Waals surface area contributed by atoms with Crippen molar-refractivity contribution in [1.29, 1.82) is 21.0 Å². The van der Waals surface area contributed by atoms with Gasteiger partial charge in [0.15, 0.2) is 11.5 Å². The van der Waals surface area contributed by atoms with E-state index < -0.39 is 0 Å². The topological polar surface area (TPSA) is 140 Å². The maximum Gasteiger partial charge on any atom is 0.183 e. The number of fused-ring (bicyclic) bond motifs is 1. The lowest BCUT2D eigenvalue weighted by atomic mass is 10.0. The summed E-state index contributed by atoms with van der Waals surface area (Å²) < 4.78 is 24.7. The normalized spacial score (nSPS) is 16.0. The molecule has 0 spiro atoms. The molecule has 0 fully saturated rings. The van der Waals surface area contributed by atoms with Gasteiger partial charge in [-0.15, -0.1) is 11.3 Å². The monoisotopic (exact) mass is 558 g/mol. The predicted molar refractivity (Wildman–Crippen MR) is 151 cm³/mol. The van der Waals surface area contributed by atoms with Crippen molar-refractivity contribution in [2.24, 2.45) is 0 Å². The molecule has 3 aromatic heterocycles. The molecule has 4 heterocycles. The maximum absolute atomic E-state index is 9.32. The van der Waals surface area contributed by atoms with E-state index in [1.165, 1.54) is 11.3 Å². The quantitative estimate of drug-likeness (QED) is 0.295. The van der Waals surface area contributed by atoms with E-state index in [0.29, 0.717) is 73.4 Å². The lowest BCUT2D eigenvalue weighted by Crippen LogP contribution is -2.14. The Bertz CT molecular complexity index is 1740. The summed E-state index contributed by atoms with van der Waals surface area (Å²) in [5, 5.41) is 37.3. The molecule has 9 heteroatoms. The first kappa shape index (κ1) is 26.0. The Kier molecular flexibility index (Phi) is 6.60. The third kappa shape index (κ3) is 4.25. The molecule has 0 N–H and O–H groups in total. The van der Waals surface area contributed by atoms with Gasteiger partial charge in [0.2, 0.25) is 0 Å². The highest BCUT2D eigenvalue weighted by Gasteiger charge is 2.31. The van der Waals surface area contributed by atoms with Gasteiger partial charge in [-0.3, -0.25) is 0 Å². The second kappa shape index (κ2) is 10.4. The number of hydrogen-bond donors (Lipinski definition) is 0. The molecular weight excluding hydrogens is 536 g/mol. The Labute approximate surface area is 240 Å². The van der Waals surface area contributed by atoms with Crippen LogP contribution in [0.1, 0.15) is 51.1 Å². The largest absolute Gasteiger partial charge is 0.484 e. The molecule has 6 rings (SSSR count). The summed E-state index contributed by atoms with van der Waals surface area (Å²) in [7, 11) is 0. The molecule has 41 heavy (non-hydrogen) atoms. The van der Waals surface area contributed by atoms with Crippen LogP contribution in [0.15, 0.2) is 66.5 Å². The number of furan rings is 2. The first-order chi connectivity index (χ1) is 20.0. The van der Waals surface area contributed by atoms with Gasteiger partial charge in [-0.05, 0) is 97.2 Å². The number of hydrogen-bond acceptors (Lipinski definition) is 9. The Hall–Kier alpha value is -5.22. The van der Waals surface area contributed by atoms with Gasteiger partial charge < -0.3 is 18.3 Å². The molecule has 1 aliphatic heterocycles. The Morgan fingerprint density at radius 3 is 1.39 bits per heavy atom. The van der Waals surface area contributed by atoms with Crippen LogP contribution < -0.4 is 9.47 Å². The zero-order valence-electron chi connectivity index (χ0n) is 22.4. The fourth-order valence-corrected chi connectivity index (χ4v) is 6.81. The Morgan fingerprint density at radius 2 is 1.00 bits per heavy atom. The van der Waals surface area contributed by atoms with Gasteiger partial charge in [-0.1, -0.05) is 0 Å². The number of thiophene rings is 1. The number of rotatable bonds is 4. The second-order valence-corrected chi connectivity index (χ2v) is 10.8. The zero-order chi connectivity index (χ0) is 28.7. The van der Waals surface area contributed by atoms with Crippen LogP contribution in [0.3, 0.4) is 0 Å². The van der Waals surface area contributed by atoms with Crippen LogP contribution in [0.5, 0.6) is 11.5 Å². The van der Waals surface area contributed by atoms with E-state index in [2.05, 4.69) is 0 Å². The fraction of sp³-hybridized carbons (Fsp3) is 0.250. The standard InChI is InChI=1S/C32H22N4O4S/c1-17-21(19(13-33)14-34)3-5-23(17)25-7-9-27(39-25)31-29-30(38-12-11-37-29)32(41-31)28-10-8-26(40-28)24-6-4-22(18(24)2)20(15-35)16-36/h7-10H,3-6,11-12H2,1-2H3. The highest BCUT2D eigenvalue weighted by molar-refractivity contribution is 7.19. The minimum Gasteiger partial charge on any atom is -0.484 e. The Balaban J connectivity index is 1.37. The highest BCUT2D eigenvalue weighted by atomic mass is 32.1. The molecule has 0 amide bonds. The average molecular weight is 559 g/mol. The van der Waals surface area contributed by atoms with E-state index in [1.54, 1.807) is 0 Å². The molecular formula is C32H22N4O4S. The molecule has 3 aliphatic rings. The summed E-state index contributed by atoms with van der Waals surface area (Å²) in [5.74, 6) is 3.88. The van der Waals surface area contributed by atoms with E-state index >= 15 is 0 Å². The number of nitrogens with zero attached hydrogens (tertiary/aromatic N) is 4. The number of allylic oxidation sites excluding steroid dienone is 8. The molecule has 0 aromatic carbocycles. The zero-order valence-corrected chi connectivity index (χ0v) is 23.2. The number of nitriles is 4. The Morgan fingerprint density at radius 1 is 0.610 bits per heavy atom. The maximum atomic E-state index is 9.32. The summed E-state index contributed by atoms with van der Waals surface area (Å²) in [5.41, 5.74) is 5.63. The summed E-state index contributed by atoms with van der Waals surface area (Å²) in [6.45, 7) is 4.68. The second-order valence-electron chi connectivity index (χ2n) is 9.80. The lowest BCUT2D eigenvalue weighted by molar-refractivity contribution is 0.174. The fourth-order valence-electron chi connectivity index (χ4n) is 5.69. The van der Waals surface area contributed by atoms with Crippen molar-refractivity contribution >= 4 is 22.5 Å². The van der Waals surface area contributed by atoms with Crippen LogP contribution in [0, 0.1) is 45.3 Å². The molecule has 0 atom stereocenters. The van der Waals surface area contributed by atoms with Gasteiger partial charge in [0.1, 0.15) is 81.4 Å². The molecule has 0 bridgehead atoms. The first-order valence-corrected chi connectivity index (χ1v) is 13.9. The molecule has 200 valence electrons. The molecule has 0 radical (unpaired) electrons. The van der Waals surface area contributed by atoms with Gasteiger partial charge in [-0.2, -0.15) is 21.0 Å². The van der Waals surface area contributed by atoms with Crippen molar-refractivity contribution in [2.75, 3.05) is 13.2 Å². The minimum absolute atomic E-state index is 0.149. The number of ether oxygens (including phenoxy) is 2. The highest BCUT2D eigenvalue weighted by Crippen LogP contribution is 2.55. The van der Waals surface area contributed by atoms with Crippen LogP contribution >= 0.6 is 11.3 Å². The summed E-state index contributed by atoms with van der Waals surface area (Å²) in [4.78, 5) is 1.57. The van der Waals surface area contributed by atoms with E-state index in [9.17, 15) is 21.0 Å². The van der Waals surface area contributed by atoms with Gasteiger partial charge in [-0.25, -0.2) is 0 Å². The summed E-state index contributed by atoms with van der Waals surface area (Å²) in [6, 6.07) is 15.6. The van der Waals surface area contributed by atoms with Crippen molar-refractivity contribution in [3.05, 3.63) is 69.2 Å². The van der Waals surface area contributed by atoms with Gasteiger partial charge >= 0.3 is 0 Å². The minimum atomic E-state index is 0.149. The smallest absolute Gasteiger partial charge is 0.183 e. The van der Waals surface area contributed by atoms with Gasteiger partial charge in [0, 0.05) is 0 Å². The molecule has 0 saturated heterocycles. The average Bonchev–Trinajstić information content (AvgIpc) is 3.81. The first-order valence-electron chi connectivity index (χ1n) is 13.1.